The first-order chi connectivity index (χ1) is 17.5. The molecular weight excluding hydrogens is 571 g/mol. The molecule has 0 spiro atoms. The second-order valence-corrected chi connectivity index (χ2v) is 10.5. The molecule has 3 aromatic heterocycles. The van der Waals surface area contributed by atoms with Gasteiger partial charge in [-0.3, -0.25) is 9.78 Å². The number of hydrogen-bond acceptors (Lipinski definition) is 9. The third kappa shape index (κ3) is 6.98. The van der Waals surface area contributed by atoms with E-state index < -0.39 is 0 Å². The normalized spacial score (nSPS) is 16.7. The van der Waals surface area contributed by atoms with Gasteiger partial charge in [0.1, 0.15) is 5.82 Å². The predicted molar refractivity (Wildman–Crippen MR) is 155 cm³/mol. The average Bonchev–Trinajstić information content (AvgIpc) is 2.91. The number of halogens is 3. The summed E-state index contributed by atoms with van der Waals surface area (Å²) in [6.45, 7) is 3.13. The maximum atomic E-state index is 11.6. The topological polar surface area (TPSA) is 113 Å². The molecule has 1 saturated heterocycles. The van der Waals surface area contributed by atoms with E-state index in [1.165, 1.54) is 11.8 Å². The van der Waals surface area contributed by atoms with E-state index >= 15 is 0 Å². The van der Waals surface area contributed by atoms with Crippen LogP contribution in [0, 0.1) is 0 Å². The maximum Gasteiger partial charge on any atom is 0.235 e. The van der Waals surface area contributed by atoms with Crippen LogP contribution >= 0.6 is 48.2 Å². The molecule has 1 unspecified atom stereocenters. The predicted octanol–water partition coefficient (Wildman–Crippen LogP) is 3.90. The molecule has 5 heterocycles. The number of methoxy groups -OCH3 is 1. The standard InChI is InChI=1S/C25H29ClN6O3S.2ClH/c1-35-22-5-3-19-24(31-22)23(18(26)11-28-19)15(13-33)12-32-8-6-16(7-9-32)27-10-17-2-4-20-25(29-17)30-21(34)14-36-20;;/h2-5,11,15-16,27,33H,6-10,12-14H2,1H3,(H,29,30,34);2*1H. The van der Waals surface area contributed by atoms with Gasteiger partial charge in [0, 0.05) is 42.9 Å². The first kappa shape index (κ1) is 30.6. The second-order valence-electron chi connectivity index (χ2n) is 9.06. The van der Waals surface area contributed by atoms with Crippen molar-refractivity contribution < 1.29 is 14.6 Å². The molecular formula is C25H31Cl3N6O3S. The zero-order valence-electron chi connectivity index (χ0n) is 20.9. The number of aromatic nitrogens is 3. The molecule has 0 saturated carbocycles. The molecule has 2 aliphatic rings. The summed E-state index contributed by atoms with van der Waals surface area (Å²) in [5, 5.41) is 17.2. The molecule has 9 nitrogen and oxygen atoms in total. The van der Waals surface area contributed by atoms with Crippen LogP contribution in [0.2, 0.25) is 5.02 Å². The fourth-order valence-electron chi connectivity index (χ4n) is 4.77. The molecule has 0 aromatic carbocycles. The number of carbonyl (C=O) groups is 1. The number of aliphatic hydroxyl groups excluding tert-OH is 1. The van der Waals surface area contributed by atoms with E-state index in [-0.39, 0.29) is 43.2 Å². The summed E-state index contributed by atoms with van der Waals surface area (Å²) in [5.41, 5.74) is 3.13. The number of piperidine rings is 1. The fraction of sp³-hybridized carbons (Fsp3) is 0.440. The summed E-state index contributed by atoms with van der Waals surface area (Å²) in [7, 11) is 1.58. The van der Waals surface area contributed by atoms with Crippen LogP contribution in [0.1, 0.15) is 30.0 Å². The largest absolute Gasteiger partial charge is 0.481 e. The molecule has 2 aliphatic heterocycles. The van der Waals surface area contributed by atoms with Gasteiger partial charge in [-0.2, -0.15) is 0 Å². The van der Waals surface area contributed by atoms with Crippen LogP contribution in [0.4, 0.5) is 5.82 Å². The molecule has 3 N–H and O–H groups in total. The van der Waals surface area contributed by atoms with Crippen LogP contribution in [0.3, 0.4) is 0 Å². The van der Waals surface area contributed by atoms with Crippen molar-refractivity contribution in [3.05, 3.63) is 46.7 Å². The van der Waals surface area contributed by atoms with Crippen molar-refractivity contribution in [2.75, 3.05) is 44.4 Å². The molecule has 0 radical (unpaired) electrons. The lowest BCUT2D eigenvalue weighted by atomic mass is 9.96. The lowest BCUT2D eigenvalue weighted by molar-refractivity contribution is -0.113. The summed E-state index contributed by atoms with van der Waals surface area (Å²) >= 11 is 8.07. The monoisotopic (exact) mass is 600 g/mol. The number of anilines is 1. The fourth-order valence-corrected chi connectivity index (χ4v) is 5.82. The lowest BCUT2D eigenvalue weighted by Crippen LogP contribution is -2.44. The van der Waals surface area contributed by atoms with E-state index in [0.717, 1.165) is 47.6 Å². The van der Waals surface area contributed by atoms with E-state index in [1.807, 2.05) is 18.2 Å². The summed E-state index contributed by atoms with van der Waals surface area (Å²) in [6.07, 6.45) is 3.62. The number of pyridine rings is 3. The summed E-state index contributed by atoms with van der Waals surface area (Å²) in [4.78, 5) is 28.6. The van der Waals surface area contributed by atoms with Crippen LogP contribution in [0.5, 0.6) is 5.88 Å². The SMILES string of the molecule is COc1ccc2ncc(Cl)c(C(CO)CN3CCC(NCc4ccc5c(n4)NC(=O)CS5)CC3)c2n1.Cl.Cl. The van der Waals surface area contributed by atoms with Crippen LogP contribution in [-0.2, 0) is 11.3 Å². The van der Waals surface area contributed by atoms with E-state index in [2.05, 4.69) is 30.5 Å². The molecule has 3 aromatic rings. The van der Waals surface area contributed by atoms with Gasteiger partial charge in [0.15, 0.2) is 0 Å². The highest BCUT2D eigenvalue weighted by Gasteiger charge is 2.26. The van der Waals surface area contributed by atoms with E-state index in [9.17, 15) is 9.90 Å². The van der Waals surface area contributed by atoms with Crippen LogP contribution in [0.25, 0.3) is 11.0 Å². The summed E-state index contributed by atoms with van der Waals surface area (Å²) in [6, 6.07) is 8.05. The average molecular weight is 602 g/mol. The van der Waals surface area contributed by atoms with Crippen molar-refractivity contribution in [1.82, 2.24) is 25.2 Å². The van der Waals surface area contributed by atoms with Crippen molar-refractivity contribution in [2.45, 2.75) is 36.2 Å². The number of thioether (sulfide) groups is 1. The van der Waals surface area contributed by atoms with Crippen LogP contribution in [0.15, 0.2) is 35.4 Å². The highest BCUT2D eigenvalue weighted by molar-refractivity contribution is 8.00. The Kier molecular flexibility index (Phi) is 11.2. The molecule has 1 amide bonds. The molecule has 5 rings (SSSR count). The Labute approximate surface area is 243 Å². The Balaban J connectivity index is 0.00000200. The molecule has 38 heavy (non-hydrogen) atoms. The van der Waals surface area contributed by atoms with Crippen molar-refractivity contribution in [3.8, 4) is 5.88 Å². The van der Waals surface area contributed by atoms with Gasteiger partial charge in [-0.05, 0) is 44.1 Å². The first-order valence-corrected chi connectivity index (χ1v) is 13.4. The van der Waals surface area contributed by atoms with Crippen molar-refractivity contribution in [2.24, 2.45) is 0 Å². The van der Waals surface area contributed by atoms with E-state index in [1.54, 1.807) is 19.4 Å². The number of hydrogen-bond donors (Lipinski definition) is 3. The van der Waals surface area contributed by atoms with Gasteiger partial charge < -0.3 is 25.4 Å². The Morgan fingerprint density at radius 1 is 1.24 bits per heavy atom. The quantitative estimate of drug-likeness (QED) is 0.354. The number of rotatable bonds is 8. The minimum absolute atomic E-state index is 0. The van der Waals surface area contributed by atoms with Gasteiger partial charge in [0.25, 0.3) is 0 Å². The summed E-state index contributed by atoms with van der Waals surface area (Å²) in [5.74, 6) is 1.41. The number of carbonyl (C=O) groups excluding carboxylic acids is 1. The Morgan fingerprint density at radius 3 is 2.76 bits per heavy atom. The van der Waals surface area contributed by atoms with Crippen molar-refractivity contribution >= 4 is 70.9 Å². The third-order valence-corrected chi connectivity index (χ3v) is 8.03. The Morgan fingerprint density at radius 2 is 2.03 bits per heavy atom. The second kappa shape index (κ2) is 13.9. The number of nitrogens with zero attached hydrogens (tertiary/aromatic N) is 4. The van der Waals surface area contributed by atoms with Gasteiger partial charge in [0.05, 0.1) is 46.1 Å². The van der Waals surface area contributed by atoms with Crippen LogP contribution in [-0.4, -0.2) is 76.0 Å². The highest BCUT2D eigenvalue weighted by Crippen LogP contribution is 2.33. The maximum absolute atomic E-state index is 11.6. The van der Waals surface area contributed by atoms with E-state index in [0.29, 0.717) is 47.1 Å². The van der Waals surface area contributed by atoms with Crippen molar-refractivity contribution in [3.63, 3.8) is 0 Å². The molecule has 0 aliphatic carbocycles. The number of amides is 1. The highest BCUT2D eigenvalue weighted by atomic mass is 35.5. The first-order valence-electron chi connectivity index (χ1n) is 12.0. The number of ether oxygens (including phenoxy) is 1. The number of nitrogens with one attached hydrogen (secondary N) is 2. The Bertz CT molecular complexity index is 1260. The lowest BCUT2D eigenvalue weighted by Gasteiger charge is -2.34. The zero-order valence-corrected chi connectivity index (χ0v) is 24.1. The van der Waals surface area contributed by atoms with Gasteiger partial charge in [-0.25, -0.2) is 9.97 Å². The van der Waals surface area contributed by atoms with Gasteiger partial charge in [-0.15, -0.1) is 36.6 Å². The number of aliphatic hydroxyl groups is 1. The van der Waals surface area contributed by atoms with E-state index in [4.69, 9.17) is 16.3 Å². The summed E-state index contributed by atoms with van der Waals surface area (Å²) < 4.78 is 5.29. The van der Waals surface area contributed by atoms with Gasteiger partial charge >= 0.3 is 0 Å². The minimum atomic E-state index is -0.181. The molecule has 1 atom stereocenters. The van der Waals surface area contributed by atoms with Crippen molar-refractivity contribution in [1.29, 1.82) is 0 Å². The van der Waals surface area contributed by atoms with Gasteiger partial charge in [-0.1, -0.05) is 11.6 Å². The number of likely N-dealkylation sites (tertiary alicyclic amines) is 1. The van der Waals surface area contributed by atoms with Crippen LogP contribution < -0.4 is 15.4 Å². The molecule has 1 fully saturated rings. The number of fused-ring (bicyclic) bond motifs is 2. The Hall–Kier alpha value is -1.92. The third-order valence-electron chi connectivity index (χ3n) is 6.69. The molecule has 206 valence electrons. The minimum Gasteiger partial charge on any atom is -0.481 e. The molecule has 0 bridgehead atoms. The van der Waals surface area contributed by atoms with Gasteiger partial charge in [0.2, 0.25) is 11.8 Å². The molecule has 13 heteroatoms. The smallest absolute Gasteiger partial charge is 0.235 e. The zero-order chi connectivity index (χ0) is 25.1.